The number of nitrogens with one attached hydrogen (secondary N) is 1. The number of carbonyl (C=O) groups excluding carboxylic acids is 1. The summed E-state index contributed by atoms with van der Waals surface area (Å²) in [5.74, 6) is 0.269. The van der Waals surface area contributed by atoms with Crippen molar-refractivity contribution in [2.75, 3.05) is 5.32 Å². The minimum atomic E-state index is -0.131. The number of halogens is 2. The van der Waals surface area contributed by atoms with Crippen molar-refractivity contribution in [3.8, 4) is 0 Å². The van der Waals surface area contributed by atoms with E-state index in [1.54, 1.807) is 12.1 Å². The Bertz CT molecular complexity index is 613. The van der Waals surface area contributed by atoms with Crippen LogP contribution in [0.1, 0.15) is 21.5 Å². The molecule has 0 radical (unpaired) electrons. The van der Waals surface area contributed by atoms with Gasteiger partial charge in [0.15, 0.2) is 0 Å². The Morgan fingerprint density at radius 1 is 1.26 bits per heavy atom. The number of carbonyl (C=O) groups is 1. The fraction of sp³-hybridized carbons (Fsp3) is 0.133. The molecule has 0 spiro atoms. The molecule has 1 amide bonds. The second kappa shape index (κ2) is 6.22. The number of benzene rings is 2. The van der Waals surface area contributed by atoms with Gasteiger partial charge in [0.25, 0.3) is 5.91 Å². The number of hydrogen-bond donors (Lipinski definition) is 1. The molecule has 2 nitrogen and oxygen atoms in total. The molecule has 0 fully saturated rings. The molecule has 1 N–H and O–H groups in total. The van der Waals surface area contributed by atoms with Gasteiger partial charge in [-0.3, -0.25) is 4.79 Å². The van der Waals surface area contributed by atoms with Crippen molar-refractivity contribution >= 4 is 39.1 Å². The zero-order chi connectivity index (χ0) is 13.8. The monoisotopic (exact) mass is 337 g/mol. The first-order valence-corrected chi connectivity index (χ1v) is 7.15. The summed E-state index contributed by atoms with van der Waals surface area (Å²) in [4.78, 5) is 12.2. The Kier molecular flexibility index (Phi) is 4.61. The molecule has 0 aliphatic carbocycles. The zero-order valence-electron chi connectivity index (χ0n) is 10.4. The number of amides is 1. The van der Waals surface area contributed by atoms with Gasteiger partial charge in [0.05, 0.1) is 0 Å². The minimum Gasteiger partial charge on any atom is -0.322 e. The molecule has 0 bridgehead atoms. The second-order valence-corrected chi connectivity index (χ2v) is 5.43. The lowest BCUT2D eigenvalue weighted by Gasteiger charge is -2.09. The van der Waals surface area contributed by atoms with Gasteiger partial charge in [-0.1, -0.05) is 34.1 Å². The van der Waals surface area contributed by atoms with Crippen LogP contribution in [-0.4, -0.2) is 5.91 Å². The number of alkyl halides is 1. The van der Waals surface area contributed by atoms with Crippen LogP contribution in [0.3, 0.4) is 0 Å². The summed E-state index contributed by atoms with van der Waals surface area (Å²) in [6.07, 6.45) is 0. The molecule has 0 unspecified atom stereocenters. The van der Waals surface area contributed by atoms with Gasteiger partial charge in [0, 0.05) is 21.6 Å². The highest BCUT2D eigenvalue weighted by atomic mass is 79.9. The van der Waals surface area contributed by atoms with Gasteiger partial charge in [-0.25, -0.2) is 0 Å². The third kappa shape index (κ3) is 3.58. The Labute approximate surface area is 125 Å². The van der Waals surface area contributed by atoms with E-state index in [4.69, 9.17) is 11.6 Å². The molecule has 0 heterocycles. The van der Waals surface area contributed by atoms with E-state index < -0.39 is 0 Å². The fourth-order valence-corrected chi connectivity index (χ4v) is 2.25. The lowest BCUT2D eigenvalue weighted by molar-refractivity contribution is 0.102. The molecule has 4 heteroatoms. The van der Waals surface area contributed by atoms with E-state index in [-0.39, 0.29) is 5.91 Å². The van der Waals surface area contributed by atoms with Crippen LogP contribution in [0.5, 0.6) is 0 Å². The second-order valence-electron chi connectivity index (χ2n) is 4.25. The summed E-state index contributed by atoms with van der Waals surface area (Å²) in [6.45, 7) is 1.96. The summed E-state index contributed by atoms with van der Waals surface area (Å²) in [5, 5.41) is 2.91. The molecule has 0 aliphatic rings. The van der Waals surface area contributed by atoms with Crippen LogP contribution in [-0.2, 0) is 5.88 Å². The summed E-state index contributed by atoms with van der Waals surface area (Å²) in [5.41, 5.74) is 3.36. The molecule has 2 rings (SSSR count). The van der Waals surface area contributed by atoms with Crippen molar-refractivity contribution in [2.24, 2.45) is 0 Å². The highest BCUT2D eigenvalue weighted by Gasteiger charge is 2.08. The minimum absolute atomic E-state index is 0.131. The van der Waals surface area contributed by atoms with Crippen molar-refractivity contribution < 1.29 is 4.79 Å². The maximum Gasteiger partial charge on any atom is 0.255 e. The number of aryl methyl sites for hydroxylation is 1. The summed E-state index contributed by atoms with van der Waals surface area (Å²) in [6, 6.07) is 13.1. The Morgan fingerprint density at radius 2 is 2.05 bits per heavy atom. The molecular weight excluding hydrogens is 326 g/mol. The average molecular weight is 339 g/mol. The maximum absolute atomic E-state index is 12.2. The van der Waals surface area contributed by atoms with Crippen LogP contribution in [0, 0.1) is 6.92 Å². The molecule has 0 saturated heterocycles. The summed E-state index contributed by atoms with van der Waals surface area (Å²) >= 11 is 9.17. The van der Waals surface area contributed by atoms with Crippen LogP contribution >= 0.6 is 27.5 Å². The molecule has 2 aromatic carbocycles. The number of hydrogen-bond acceptors (Lipinski definition) is 1. The highest BCUT2D eigenvalue weighted by molar-refractivity contribution is 9.10. The highest BCUT2D eigenvalue weighted by Crippen LogP contribution is 2.21. The average Bonchev–Trinajstić information content (AvgIpc) is 2.43. The third-order valence-corrected chi connectivity index (χ3v) is 3.59. The largest absolute Gasteiger partial charge is 0.322 e. The lowest BCUT2D eigenvalue weighted by Crippen LogP contribution is -2.13. The molecule has 0 atom stereocenters. The van der Waals surface area contributed by atoms with Gasteiger partial charge < -0.3 is 5.32 Å². The van der Waals surface area contributed by atoms with E-state index >= 15 is 0 Å². The molecule has 0 saturated carbocycles. The standard InChI is InChI=1S/C15H13BrClNO/c1-10-5-6-13(16)8-14(10)18-15(19)12-4-2-3-11(7-12)9-17/h2-8H,9H2,1H3,(H,18,19). The quantitative estimate of drug-likeness (QED) is 0.804. The maximum atomic E-state index is 12.2. The van der Waals surface area contributed by atoms with Crippen LogP contribution < -0.4 is 5.32 Å². The number of rotatable bonds is 3. The van der Waals surface area contributed by atoms with Gasteiger partial charge in [-0.05, 0) is 42.3 Å². The molecule has 2 aromatic rings. The van der Waals surface area contributed by atoms with Crippen molar-refractivity contribution in [3.05, 3.63) is 63.6 Å². The van der Waals surface area contributed by atoms with Gasteiger partial charge in [0.2, 0.25) is 0 Å². The summed E-state index contributed by atoms with van der Waals surface area (Å²) < 4.78 is 0.933. The zero-order valence-corrected chi connectivity index (χ0v) is 12.8. The first-order chi connectivity index (χ1) is 9.10. The van der Waals surface area contributed by atoms with E-state index in [0.29, 0.717) is 11.4 Å². The number of anilines is 1. The van der Waals surface area contributed by atoms with E-state index in [0.717, 1.165) is 21.3 Å². The molecule has 0 aliphatic heterocycles. The van der Waals surface area contributed by atoms with Crippen molar-refractivity contribution in [2.45, 2.75) is 12.8 Å². The molecule has 19 heavy (non-hydrogen) atoms. The predicted octanol–water partition coefficient (Wildman–Crippen LogP) is 4.75. The van der Waals surface area contributed by atoms with Gasteiger partial charge in [-0.2, -0.15) is 0 Å². The first-order valence-electron chi connectivity index (χ1n) is 5.82. The Balaban J connectivity index is 2.22. The van der Waals surface area contributed by atoms with Crippen LogP contribution in [0.4, 0.5) is 5.69 Å². The SMILES string of the molecule is Cc1ccc(Br)cc1NC(=O)c1cccc(CCl)c1. The topological polar surface area (TPSA) is 29.1 Å². The normalized spacial score (nSPS) is 10.3. The smallest absolute Gasteiger partial charge is 0.255 e. The van der Waals surface area contributed by atoms with Gasteiger partial charge in [-0.15, -0.1) is 11.6 Å². The lowest BCUT2D eigenvalue weighted by atomic mass is 10.1. The summed E-state index contributed by atoms with van der Waals surface area (Å²) in [7, 11) is 0. The molecular formula is C15H13BrClNO. The van der Waals surface area contributed by atoms with Crippen molar-refractivity contribution in [1.82, 2.24) is 0 Å². The van der Waals surface area contributed by atoms with E-state index in [9.17, 15) is 4.79 Å². The predicted molar refractivity (Wildman–Crippen MR) is 82.8 cm³/mol. The Hall–Kier alpha value is -1.32. The van der Waals surface area contributed by atoms with Gasteiger partial charge in [0.1, 0.15) is 0 Å². The van der Waals surface area contributed by atoms with Crippen molar-refractivity contribution in [1.29, 1.82) is 0 Å². The fourth-order valence-electron chi connectivity index (χ4n) is 1.72. The first kappa shape index (κ1) is 14.1. The van der Waals surface area contributed by atoms with Crippen LogP contribution in [0.15, 0.2) is 46.9 Å². The van der Waals surface area contributed by atoms with Gasteiger partial charge >= 0.3 is 0 Å². The van der Waals surface area contributed by atoms with Crippen molar-refractivity contribution in [3.63, 3.8) is 0 Å². The van der Waals surface area contributed by atoms with Crippen LogP contribution in [0.2, 0.25) is 0 Å². The molecule has 98 valence electrons. The molecule has 0 aromatic heterocycles. The Morgan fingerprint density at radius 3 is 2.79 bits per heavy atom. The van der Waals surface area contributed by atoms with E-state index in [1.165, 1.54) is 0 Å². The van der Waals surface area contributed by atoms with E-state index in [1.807, 2.05) is 37.3 Å². The van der Waals surface area contributed by atoms with Crippen LogP contribution in [0.25, 0.3) is 0 Å². The van der Waals surface area contributed by atoms with E-state index in [2.05, 4.69) is 21.2 Å². The third-order valence-electron chi connectivity index (χ3n) is 2.79.